The van der Waals surface area contributed by atoms with Gasteiger partial charge in [-0.3, -0.25) is 4.79 Å². The summed E-state index contributed by atoms with van der Waals surface area (Å²) in [5.74, 6) is 0.462. The molecule has 1 amide bonds. The summed E-state index contributed by atoms with van der Waals surface area (Å²) < 4.78 is 23.6. The third kappa shape index (κ3) is 11.1. The number of amides is 1. The molecule has 1 heterocycles. The molecule has 0 radical (unpaired) electrons. The molecule has 5 N–H and O–H groups in total. The molecule has 0 bridgehead atoms. The number of aliphatic hydroxyl groups is 2. The quantitative estimate of drug-likeness (QED) is 0.0851. The Balaban J connectivity index is 0.000000294. The van der Waals surface area contributed by atoms with E-state index < -0.39 is 24.1 Å². The summed E-state index contributed by atoms with van der Waals surface area (Å²) in [6.45, 7) is 1.96. The number of rotatable bonds is 15. The van der Waals surface area contributed by atoms with E-state index in [1.807, 2.05) is 42.5 Å². The summed E-state index contributed by atoms with van der Waals surface area (Å²) >= 11 is 0. The molecule has 282 valence electrons. The van der Waals surface area contributed by atoms with Gasteiger partial charge in [0, 0.05) is 11.7 Å². The molecular weight excluding hydrogens is 688 g/mol. The molecule has 54 heavy (non-hydrogen) atoms. The lowest BCUT2D eigenvalue weighted by Gasteiger charge is -2.28. The minimum Gasteiger partial charge on any atom is -0.493 e. The van der Waals surface area contributed by atoms with Crippen LogP contribution < -0.4 is 29.6 Å². The van der Waals surface area contributed by atoms with Crippen molar-refractivity contribution in [3.63, 3.8) is 0 Å². The number of aryl methyl sites for hydroxylation is 1. The van der Waals surface area contributed by atoms with Gasteiger partial charge in [0.25, 0.3) is 5.91 Å². The number of fused-ring (bicyclic) bond motifs is 1. The Hall–Kier alpha value is -5.88. The molecule has 0 fully saturated rings. The zero-order chi connectivity index (χ0) is 38.3. The number of hydrogen-bond donors (Lipinski definition) is 5. The van der Waals surface area contributed by atoms with Crippen LogP contribution in [0.2, 0.25) is 0 Å². The van der Waals surface area contributed by atoms with Crippen LogP contribution in [0, 0.1) is 0 Å². The van der Waals surface area contributed by atoms with E-state index >= 15 is 0 Å². The Morgan fingerprint density at radius 3 is 1.85 bits per heavy atom. The van der Waals surface area contributed by atoms with Crippen molar-refractivity contribution in [2.75, 3.05) is 26.1 Å². The van der Waals surface area contributed by atoms with Gasteiger partial charge in [-0.1, -0.05) is 84.9 Å². The summed E-state index contributed by atoms with van der Waals surface area (Å²) in [4.78, 5) is 21.6. The molecule has 0 aromatic heterocycles. The van der Waals surface area contributed by atoms with Crippen molar-refractivity contribution >= 4 is 17.6 Å². The van der Waals surface area contributed by atoms with Gasteiger partial charge in [0.1, 0.15) is 13.2 Å². The van der Waals surface area contributed by atoms with E-state index in [0.29, 0.717) is 18.9 Å². The van der Waals surface area contributed by atoms with Crippen molar-refractivity contribution in [2.45, 2.75) is 50.7 Å². The number of para-hydroxylation sites is 1. The number of carbonyl (C=O) groups is 2. The Bertz CT molecular complexity index is 1940. The lowest BCUT2D eigenvalue weighted by Crippen LogP contribution is -2.42. The number of nitrogens with one attached hydrogen (secondary N) is 2. The second kappa shape index (κ2) is 19.8. The molecule has 11 nitrogen and oxygen atoms in total. The predicted molar refractivity (Wildman–Crippen MR) is 205 cm³/mol. The molecule has 5 aromatic rings. The van der Waals surface area contributed by atoms with Crippen LogP contribution in [0.4, 0.5) is 5.69 Å². The Morgan fingerprint density at radius 2 is 1.28 bits per heavy atom. The summed E-state index contributed by atoms with van der Waals surface area (Å²) in [5.41, 5.74) is 6.50. The molecule has 5 aromatic carbocycles. The maximum atomic E-state index is 11.3. The van der Waals surface area contributed by atoms with Gasteiger partial charge in [-0.2, -0.15) is 0 Å². The number of carboxylic acids is 1. The highest BCUT2D eigenvalue weighted by atomic mass is 16.5. The first-order chi connectivity index (χ1) is 26.2. The van der Waals surface area contributed by atoms with Crippen LogP contribution in [-0.4, -0.2) is 60.2 Å². The molecule has 3 atom stereocenters. The van der Waals surface area contributed by atoms with E-state index in [4.69, 9.17) is 29.2 Å². The van der Waals surface area contributed by atoms with Gasteiger partial charge in [0.15, 0.2) is 35.2 Å². The number of aliphatic hydroxyl groups excluding tert-OH is 2. The van der Waals surface area contributed by atoms with Crippen LogP contribution in [0.15, 0.2) is 121 Å². The Morgan fingerprint density at radius 1 is 0.704 bits per heavy atom. The van der Waals surface area contributed by atoms with Crippen LogP contribution >= 0.6 is 0 Å². The summed E-state index contributed by atoms with van der Waals surface area (Å²) in [6, 6.07) is 39.4. The van der Waals surface area contributed by atoms with E-state index in [1.165, 1.54) is 16.7 Å². The average molecular weight is 735 g/mol. The maximum absolute atomic E-state index is 11.3. The monoisotopic (exact) mass is 734 g/mol. The van der Waals surface area contributed by atoms with Crippen molar-refractivity contribution in [2.24, 2.45) is 0 Å². The van der Waals surface area contributed by atoms with Crippen LogP contribution in [0.1, 0.15) is 40.3 Å². The van der Waals surface area contributed by atoms with Gasteiger partial charge in [0.2, 0.25) is 0 Å². The fourth-order valence-electron chi connectivity index (χ4n) is 5.97. The number of anilines is 1. The zero-order valence-electron chi connectivity index (χ0n) is 30.3. The molecule has 6 rings (SSSR count). The highest BCUT2D eigenvalue weighted by molar-refractivity contribution is 5.97. The van der Waals surface area contributed by atoms with Crippen LogP contribution in [0.5, 0.6) is 23.0 Å². The number of ether oxygens (including phenoxy) is 4. The van der Waals surface area contributed by atoms with Gasteiger partial charge >= 0.3 is 5.97 Å². The van der Waals surface area contributed by atoms with Crippen LogP contribution in [0.25, 0.3) is 0 Å². The molecule has 1 aliphatic rings. The van der Waals surface area contributed by atoms with Crippen molar-refractivity contribution in [1.82, 2.24) is 5.32 Å². The first kappa shape index (κ1) is 39.3. The molecule has 0 saturated heterocycles. The van der Waals surface area contributed by atoms with Crippen molar-refractivity contribution in [3.05, 3.63) is 149 Å². The lowest BCUT2D eigenvalue weighted by molar-refractivity contribution is -0.156. The Kier molecular flexibility index (Phi) is 14.4. The third-order valence-corrected chi connectivity index (χ3v) is 8.87. The topological polar surface area (TPSA) is 156 Å². The normalized spacial score (nSPS) is 14.3. The molecule has 0 spiro atoms. The summed E-state index contributed by atoms with van der Waals surface area (Å²) in [6.07, 6.45) is -1.29. The van der Waals surface area contributed by atoms with Crippen LogP contribution in [-0.2, 0) is 35.6 Å². The standard InChI is InChI=1S/C33H35NO4.C10H11NO5/c1-35-30-16-14-24(19-32(30)37-22-25-9-5-3-6-10-25)13-15-29-28-21-31(36-2)33(20-27(28)17-18-34-29)38-23-26-11-7-4-8-12-26;12-7(8(13)10(15)16)9(14)11-6-4-2-1-3-5-6/h3-12,14,16,19-21,29,34H,13,15,17-18,22-23H2,1-2H3;1-5,7-8,12-13H,(H,11,14)(H,15,16)/t;7?,8-/m.0/s1. The number of methoxy groups -OCH3 is 2. The third-order valence-electron chi connectivity index (χ3n) is 8.87. The van der Waals surface area contributed by atoms with Gasteiger partial charge in [0.05, 0.1) is 14.2 Å². The van der Waals surface area contributed by atoms with Gasteiger partial charge in [-0.15, -0.1) is 0 Å². The fourth-order valence-corrected chi connectivity index (χ4v) is 5.97. The second-order valence-electron chi connectivity index (χ2n) is 12.6. The zero-order valence-corrected chi connectivity index (χ0v) is 30.3. The number of hydrogen-bond acceptors (Lipinski definition) is 9. The molecule has 0 aliphatic carbocycles. The highest BCUT2D eigenvalue weighted by Crippen LogP contribution is 2.38. The molecule has 1 aliphatic heterocycles. The van der Waals surface area contributed by atoms with E-state index in [0.717, 1.165) is 59.9 Å². The number of aliphatic carboxylic acids is 1. The molecular formula is C43H46N2O9. The van der Waals surface area contributed by atoms with E-state index in [1.54, 1.807) is 44.6 Å². The number of carbonyl (C=O) groups excluding carboxylic acids is 1. The van der Waals surface area contributed by atoms with E-state index in [-0.39, 0.29) is 6.04 Å². The second-order valence-corrected chi connectivity index (χ2v) is 12.6. The van der Waals surface area contributed by atoms with Crippen LogP contribution in [0.3, 0.4) is 0 Å². The minimum absolute atomic E-state index is 0.242. The molecule has 2 unspecified atom stereocenters. The minimum atomic E-state index is -2.14. The highest BCUT2D eigenvalue weighted by Gasteiger charge is 2.30. The molecule has 0 saturated carbocycles. The first-order valence-corrected chi connectivity index (χ1v) is 17.6. The van der Waals surface area contributed by atoms with Gasteiger partial charge in [-0.05, 0) is 90.0 Å². The maximum Gasteiger partial charge on any atom is 0.335 e. The van der Waals surface area contributed by atoms with E-state index in [2.05, 4.69) is 59.2 Å². The van der Waals surface area contributed by atoms with Gasteiger partial charge < -0.3 is 44.9 Å². The largest absolute Gasteiger partial charge is 0.493 e. The smallest absolute Gasteiger partial charge is 0.335 e. The first-order valence-electron chi connectivity index (χ1n) is 17.6. The molecule has 11 heteroatoms. The summed E-state index contributed by atoms with van der Waals surface area (Å²) in [5, 5.41) is 32.5. The van der Waals surface area contributed by atoms with Crippen molar-refractivity contribution in [3.8, 4) is 23.0 Å². The SMILES string of the molecule is COc1ccc(CCC2NCCc3cc(OCc4ccccc4)c(OC)cc32)cc1OCc1ccccc1.O=C(Nc1ccccc1)C(O)[C@H](O)C(=O)O. The predicted octanol–water partition coefficient (Wildman–Crippen LogP) is 6.11. The number of benzene rings is 5. The van der Waals surface area contributed by atoms with Crippen molar-refractivity contribution in [1.29, 1.82) is 0 Å². The fraction of sp³-hybridized carbons (Fsp3) is 0.256. The van der Waals surface area contributed by atoms with Crippen molar-refractivity contribution < 1.29 is 43.9 Å². The lowest BCUT2D eigenvalue weighted by atomic mass is 9.90. The van der Waals surface area contributed by atoms with Gasteiger partial charge in [-0.25, -0.2) is 4.79 Å². The Labute approximate surface area is 315 Å². The summed E-state index contributed by atoms with van der Waals surface area (Å²) in [7, 11) is 3.38. The number of carboxylic acid groups (broad SMARTS) is 1. The van der Waals surface area contributed by atoms with E-state index in [9.17, 15) is 14.7 Å². The average Bonchev–Trinajstić information content (AvgIpc) is 3.21.